The monoisotopic (exact) mass is 398 g/mol. The van der Waals surface area contributed by atoms with Crippen LogP contribution in [0.5, 0.6) is 5.75 Å². The lowest BCUT2D eigenvalue weighted by Gasteiger charge is -2.27. The number of aromatic nitrogens is 3. The summed E-state index contributed by atoms with van der Waals surface area (Å²) in [5, 5.41) is 19.0. The lowest BCUT2D eigenvalue weighted by atomic mass is 10.1. The fourth-order valence-electron chi connectivity index (χ4n) is 3.23. The standard InChI is InChI=1S/C20H22N4O3S/c1-14-5-7-15(8-6-14)24-19(23-9-3-2-4-10-23)21-22-20(24)28-13-16-11-17(25)18(26)12-27-16/h5-8,11-12,26H,2-4,9-10,13H2,1H3. The minimum Gasteiger partial charge on any atom is -0.502 e. The third kappa shape index (κ3) is 3.91. The summed E-state index contributed by atoms with van der Waals surface area (Å²) in [5.41, 5.74) is 1.75. The van der Waals surface area contributed by atoms with Crippen molar-refractivity contribution in [3.63, 3.8) is 0 Å². The van der Waals surface area contributed by atoms with Gasteiger partial charge in [0.15, 0.2) is 10.9 Å². The minimum atomic E-state index is -0.448. The van der Waals surface area contributed by atoms with Crippen LogP contribution in [0.2, 0.25) is 0 Å². The summed E-state index contributed by atoms with van der Waals surface area (Å²) < 4.78 is 7.37. The first-order valence-electron chi connectivity index (χ1n) is 9.33. The third-order valence-electron chi connectivity index (χ3n) is 4.76. The Morgan fingerprint density at radius 1 is 1.14 bits per heavy atom. The molecule has 0 amide bonds. The predicted octanol–water partition coefficient (Wildman–Crippen LogP) is 3.52. The van der Waals surface area contributed by atoms with Gasteiger partial charge in [0.05, 0.1) is 11.4 Å². The summed E-state index contributed by atoms with van der Waals surface area (Å²) in [5.74, 6) is 1.35. The maximum absolute atomic E-state index is 11.6. The van der Waals surface area contributed by atoms with Crippen molar-refractivity contribution in [2.24, 2.45) is 0 Å². The Balaban J connectivity index is 1.65. The molecule has 1 aromatic carbocycles. The number of benzene rings is 1. The van der Waals surface area contributed by atoms with Crippen LogP contribution in [-0.4, -0.2) is 33.0 Å². The molecule has 2 aromatic heterocycles. The molecule has 28 heavy (non-hydrogen) atoms. The van der Waals surface area contributed by atoms with Crippen LogP contribution in [0, 0.1) is 6.92 Å². The zero-order valence-electron chi connectivity index (χ0n) is 15.7. The highest BCUT2D eigenvalue weighted by Crippen LogP contribution is 2.30. The maximum atomic E-state index is 11.6. The topological polar surface area (TPSA) is 84.4 Å². The number of aryl methyl sites for hydroxylation is 1. The van der Waals surface area contributed by atoms with Crippen LogP contribution in [-0.2, 0) is 5.75 Å². The molecule has 8 heteroatoms. The van der Waals surface area contributed by atoms with E-state index in [1.807, 2.05) is 0 Å². The van der Waals surface area contributed by atoms with Crippen molar-refractivity contribution in [3.8, 4) is 11.4 Å². The molecule has 0 radical (unpaired) electrons. The van der Waals surface area contributed by atoms with E-state index in [0.29, 0.717) is 11.5 Å². The van der Waals surface area contributed by atoms with Gasteiger partial charge >= 0.3 is 0 Å². The van der Waals surface area contributed by atoms with Crippen LogP contribution in [0.1, 0.15) is 30.6 Å². The summed E-state index contributed by atoms with van der Waals surface area (Å²) >= 11 is 1.45. The van der Waals surface area contributed by atoms with Crippen molar-refractivity contribution in [2.75, 3.05) is 18.0 Å². The highest BCUT2D eigenvalue weighted by atomic mass is 32.2. The number of hydrogen-bond donors (Lipinski definition) is 1. The van der Waals surface area contributed by atoms with Crippen molar-refractivity contribution in [1.29, 1.82) is 0 Å². The third-order valence-corrected chi connectivity index (χ3v) is 5.71. The maximum Gasteiger partial charge on any atom is 0.232 e. The van der Waals surface area contributed by atoms with Crippen LogP contribution >= 0.6 is 11.8 Å². The Kier molecular flexibility index (Phi) is 5.38. The van der Waals surface area contributed by atoms with Gasteiger partial charge in [-0.1, -0.05) is 29.5 Å². The smallest absolute Gasteiger partial charge is 0.232 e. The Morgan fingerprint density at radius 2 is 1.89 bits per heavy atom. The van der Waals surface area contributed by atoms with Crippen molar-refractivity contribution < 1.29 is 9.52 Å². The highest BCUT2D eigenvalue weighted by Gasteiger charge is 2.21. The van der Waals surface area contributed by atoms with Gasteiger partial charge in [0.1, 0.15) is 12.0 Å². The quantitative estimate of drug-likeness (QED) is 0.658. The number of rotatable bonds is 5. The lowest BCUT2D eigenvalue weighted by Crippen LogP contribution is -2.31. The van der Waals surface area contributed by atoms with Crippen LogP contribution in [0.25, 0.3) is 5.69 Å². The SMILES string of the molecule is Cc1ccc(-n2c(SCc3cc(=O)c(O)co3)nnc2N2CCCCC2)cc1. The summed E-state index contributed by atoms with van der Waals surface area (Å²) in [4.78, 5) is 13.9. The van der Waals surface area contributed by atoms with Gasteiger partial charge in [-0.2, -0.15) is 0 Å². The Bertz CT molecular complexity index is 1010. The van der Waals surface area contributed by atoms with Crippen molar-refractivity contribution >= 4 is 17.7 Å². The van der Waals surface area contributed by atoms with E-state index in [4.69, 9.17) is 4.42 Å². The van der Waals surface area contributed by atoms with Crippen LogP contribution in [0.3, 0.4) is 0 Å². The zero-order chi connectivity index (χ0) is 19.5. The van der Waals surface area contributed by atoms with E-state index in [2.05, 4.69) is 50.9 Å². The summed E-state index contributed by atoms with van der Waals surface area (Å²) in [6.45, 7) is 4.01. The number of anilines is 1. The first-order chi connectivity index (χ1) is 13.6. The van der Waals surface area contributed by atoms with Crippen LogP contribution in [0.4, 0.5) is 5.95 Å². The average Bonchev–Trinajstić information content (AvgIpc) is 3.14. The molecule has 1 aliphatic heterocycles. The summed E-state index contributed by atoms with van der Waals surface area (Å²) in [6.07, 6.45) is 4.63. The molecule has 1 aliphatic rings. The first kappa shape index (κ1) is 18.6. The van der Waals surface area contributed by atoms with Gasteiger partial charge in [-0.25, -0.2) is 0 Å². The van der Waals surface area contributed by atoms with Gasteiger partial charge in [0.25, 0.3) is 0 Å². The predicted molar refractivity (Wildman–Crippen MR) is 108 cm³/mol. The van der Waals surface area contributed by atoms with Gasteiger partial charge in [-0.05, 0) is 38.3 Å². The second kappa shape index (κ2) is 8.10. The average molecular weight is 398 g/mol. The normalized spacial score (nSPS) is 14.4. The van der Waals surface area contributed by atoms with E-state index in [1.54, 1.807) is 0 Å². The fraction of sp³-hybridized carbons (Fsp3) is 0.350. The van der Waals surface area contributed by atoms with Gasteiger partial charge in [0.2, 0.25) is 11.4 Å². The molecule has 0 spiro atoms. The Labute approximate surface area is 167 Å². The fourth-order valence-corrected chi connectivity index (χ4v) is 4.07. The number of piperidine rings is 1. The van der Waals surface area contributed by atoms with Gasteiger partial charge < -0.3 is 14.4 Å². The van der Waals surface area contributed by atoms with Crippen molar-refractivity contribution in [1.82, 2.24) is 14.8 Å². The number of hydrogen-bond acceptors (Lipinski definition) is 7. The van der Waals surface area contributed by atoms with E-state index < -0.39 is 5.43 Å². The Morgan fingerprint density at radius 3 is 2.61 bits per heavy atom. The van der Waals surface area contributed by atoms with Gasteiger partial charge in [0, 0.05) is 19.2 Å². The minimum absolute atomic E-state index is 0.385. The number of nitrogens with zero attached hydrogens (tertiary/aromatic N) is 4. The number of thioether (sulfide) groups is 1. The Hall–Kier alpha value is -2.74. The molecule has 3 aromatic rings. The zero-order valence-corrected chi connectivity index (χ0v) is 16.5. The molecule has 3 heterocycles. The lowest BCUT2D eigenvalue weighted by molar-refractivity contribution is 0.419. The molecule has 146 valence electrons. The van der Waals surface area contributed by atoms with Crippen molar-refractivity contribution in [3.05, 3.63) is 58.1 Å². The van der Waals surface area contributed by atoms with Crippen LogP contribution in [0.15, 0.2) is 51.0 Å². The first-order valence-corrected chi connectivity index (χ1v) is 10.3. The highest BCUT2D eigenvalue weighted by molar-refractivity contribution is 7.98. The molecule has 7 nitrogen and oxygen atoms in total. The summed E-state index contributed by atoms with van der Waals surface area (Å²) in [6, 6.07) is 9.58. The summed E-state index contributed by atoms with van der Waals surface area (Å²) in [7, 11) is 0. The van der Waals surface area contributed by atoms with Gasteiger partial charge in [-0.3, -0.25) is 9.36 Å². The molecule has 0 aliphatic carbocycles. The molecule has 0 bridgehead atoms. The molecule has 4 rings (SSSR count). The number of aromatic hydroxyl groups is 1. The molecule has 0 atom stereocenters. The second-order valence-electron chi connectivity index (χ2n) is 6.89. The largest absolute Gasteiger partial charge is 0.502 e. The second-order valence-corrected chi connectivity index (χ2v) is 7.83. The molecule has 1 N–H and O–H groups in total. The molecule has 0 unspecified atom stereocenters. The van der Waals surface area contributed by atoms with E-state index in [9.17, 15) is 9.90 Å². The molecule has 1 saturated heterocycles. The van der Waals surface area contributed by atoms with E-state index in [0.717, 1.165) is 49.0 Å². The molecule has 0 saturated carbocycles. The molecular weight excluding hydrogens is 376 g/mol. The van der Waals surface area contributed by atoms with E-state index in [-0.39, 0.29) is 5.75 Å². The van der Waals surface area contributed by atoms with Crippen molar-refractivity contribution in [2.45, 2.75) is 37.1 Å². The van der Waals surface area contributed by atoms with Crippen LogP contribution < -0.4 is 10.3 Å². The van der Waals surface area contributed by atoms with Gasteiger partial charge in [-0.15, -0.1) is 10.2 Å². The molecular formula is C20H22N4O3S. The molecule has 1 fully saturated rings. The van der Waals surface area contributed by atoms with E-state index in [1.165, 1.54) is 29.8 Å². The van der Waals surface area contributed by atoms with E-state index >= 15 is 0 Å².